The van der Waals surface area contributed by atoms with Gasteiger partial charge in [0.15, 0.2) is 0 Å². The van der Waals surface area contributed by atoms with Gasteiger partial charge in [-0.15, -0.1) is 0 Å². The number of anilines is 2. The van der Waals surface area contributed by atoms with E-state index in [9.17, 15) is 21.6 Å². The summed E-state index contributed by atoms with van der Waals surface area (Å²) < 4.78 is 54.8. The van der Waals surface area contributed by atoms with Crippen molar-refractivity contribution in [3.8, 4) is 0 Å². The Labute approximate surface area is 226 Å². The fourth-order valence-electron chi connectivity index (χ4n) is 4.03. The molecule has 0 aromatic heterocycles. The molecular weight excluding hydrogens is 557 g/mol. The summed E-state index contributed by atoms with van der Waals surface area (Å²) in [5.74, 6) is -0.791. The minimum Gasteiger partial charge on any atom is -0.326 e. The van der Waals surface area contributed by atoms with Gasteiger partial charge in [-0.25, -0.2) is 21.1 Å². The molecule has 1 aliphatic rings. The number of hydrogen-bond acceptors (Lipinski definition) is 5. The molecule has 1 saturated heterocycles. The highest BCUT2D eigenvalue weighted by Gasteiger charge is 2.31. The van der Waals surface area contributed by atoms with Gasteiger partial charge in [0, 0.05) is 34.7 Å². The molecule has 4 rings (SSSR count). The van der Waals surface area contributed by atoms with E-state index in [0.717, 1.165) is 0 Å². The Morgan fingerprint density at radius 3 is 2.19 bits per heavy atom. The number of nitrogens with zero attached hydrogens (tertiary/aromatic N) is 1. The maximum absolute atomic E-state index is 12.8. The zero-order chi connectivity index (χ0) is 26.6. The summed E-state index contributed by atoms with van der Waals surface area (Å²) in [7, 11) is -7.40. The highest BCUT2D eigenvalue weighted by atomic mass is 35.5. The lowest BCUT2D eigenvalue weighted by Gasteiger charge is -2.30. The minimum atomic E-state index is -3.83. The molecule has 0 atom stereocenters. The highest BCUT2D eigenvalue weighted by Crippen LogP contribution is 2.26. The van der Waals surface area contributed by atoms with E-state index in [1.54, 1.807) is 42.5 Å². The van der Waals surface area contributed by atoms with Crippen molar-refractivity contribution in [2.75, 3.05) is 23.1 Å². The quantitative estimate of drug-likeness (QED) is 0.389. The third kappa shape index (κ3) is 7.03. The van der Waals surface area contributed by atoms with Crippen LogP contribution in [-0.4, -0.2) is 40.1 Å². The van der Waals surface area contributed by atoms with Crippen LogP contribution in [0.5, 0.6) is 0 Å². The first kappa shape index (κ1) is 27.4. The van der Waals surface area contributed by atoms with Crippen LogP contribution in [0.4, 0.5) is 11.4 Å². The summed E-state index contributed by atoms with van der Waals surface area (Å²) in [4.78, 5) is 12.8. The number of benzene rings is 3. The number of nitrogens with one attached hydrogen (secondary N) is 2. The number of halogens is 2. The van der Waals surface area contributed by atoms with Gasteiger partial charge in [0.25, 0.3) is 10.0 Å². The molecule has 0 aliphatic carbocycles. The molecule has 37 heavy (non-hydrogen) atoms. The Balaban J connectivity index is 1.32. The van der Waals surface area contributed by atoms with Gasteiger partial charge in [0.05, 0.1) is 16.3 Å². The molecule has 1 fully saturated rings. The first-order chi connectivity index (χ1) is 17.5. The molecule has 12 heteroatoms. The monoisotopic (exact) mass is 581 g/mol. The van der Waals surface area contributed by atoms with Crippen molar-refractivity contribution in [2.45, 2.75) is 23.5 Å². The second-order valence-corrected chi connectivity index (χ2v) is 13.1. The first-order valence-corrected chi connectivity index (χ1v) is 15.3. The molecule has 8 nitrogen and oxygen atoms in total. The smallest absolute Gasteiger partial charge is 0.261 e. The number of sulfonamides is 2. The molecule has 0 spiro atoms. The normalized spacial score (nSPS) is 15.3. The third-order valence-corrected chi connectivity index (χ3v) is 9.85. The van der Waals surface area contributed by atoms with Gasteiger partial charge >= 0.3 is 0 Å². The molecule has 0 bridgehead atoms. The SMILES string of the molecule is O=C(Nc1ccc(S(=O)(=O)Nc2cccc(Cl)c2)cc1)C1CCN(S(=O)(=O)Cc2ccccc2Cl)CC1. The lowest BCUT2D eigenvalue weighted by Crippen LogP contribution is -2.41. The zero-order valence-electron chi connectivity index (χ0n) is 19.6. The van der Waals surface area contributed by atoms with Crippen molar-refractivity contribution in [3.63, 3.8) is 0 Å². The van der Waals surface area contributed by atoms with E-state index < -0.39 is 20.0 Å². The van der Waals surface area contributed by atoms with Gasteiger partial charge in [-0.3, -0.25) is 9.52 Å². The fourth-order valence-corrected chi connectivity index (χ4v) is 7.14. The summed E-state index contributed by atoms with van der Waals surface area (Å²) >= 11 is 12.0. The molecule has 196 valence electrons. The summed E-state index contributed by atoms with van der Waals surface area (Å²) in [5.41, 5.74) is 1.32. The van der Waals surface area contributed by atoms with Crippen LogP contribution < -0.4 is 10.0 Å². The molecular formula is C25H25Cl2N3O5S2. The van der Waals surface area contributed by atoms with Crippen molar-refractivity contribution in [1.29, 1.82) is 0 Å². The molecule has 1 heterocycles. The van der Waals surface area contributed by atoms with Crippen LogP contribution in [0.2, 0.25) is 10.0 Å². The van der Waals surface area contributed by atoms with E-state index in [2.05, 4.69) is 10.0 Å². The molecule has 0 saturated carbocycles. The topological polar surface area (TPSA) is 113 Å². The highest BCUT2D eigenvalue weighted by molar-refractivity contribution is 7.92. The number of carbonyl (C=O) groups is 1. The number of hydrogen-bond donors (Lipinski definition) is 2. The van der Waals surface area contributed by atoms with Gasteiger partial charge in [-0.2, -0.15) is 0 Å². The van der Waals surface area contributed by atoms with Gasteiger partial charge in [-0.05, 0) is 66.9 Å². The van der Waals surface area contributed by atoms with Crippen molar-refractivity contribution < 1.29 is 21.6 Å². The summed E-state index contributed by atoms with van der Waals surface area (Å²) in [6.45, 7) is 0.467. The van der Waals surface area contributed by atoms with Crippen molar-refractivity contribution in [1.82, 2.24) is 4.31 Å². The molecule has 3 aromatic rings. The minimum absolute atomic E-state index is 0.0301. The van der Waals surface area contributed by atoms with Crippen LogP contribution >= 0.6 is 23.2 Å². The molecule has 0 unspecified atom stereocenters. The van der Waals surface area contributed by atoms with E-state index in [4.69, 9.17) is 23.2 Å². The van der Waals surface area contributed by atoms with Crippen molar-refractivity contribution >= 4 is 60.5 Å². The number of carbonyl (C=O) groups excluding carboxylic acids is 1. The van der Waals surface area contributed by atoms with Gasteiger partial charge in [0.1, 0.15) is 0 Å². The lowest BCUT2D eigenvalue weighted by molar-refractivity contribution is -0.120. The maximum Gasteiger partial charge on any atom is 0.261 e. The average molecular weight is 583 g/mol. The fraction of sp³-hybridized carbons (Fsp3) is 0.240. The first-order valence-electron chi connectivity index (χ1n) is 11.4. The number of rotatable bonds is 8. The standard InChI is InChI=1S/C25H25Cl2N3O5S2/c26-20-5-3-6-22(16-20)29-37(34,35)23-10-8-21(9-11-23)28-25(31)18-12-14-30(15-13-18)36(32,33)17-19-4-1-2-7-24(19)27/h1-11,16,18,29H,12-15,17H2,(H,28,31). The Bertz CT molecular complexity index is 1490. The number of amides is 1. The average Bonchev–Trinajstić information content (AvgIpc) is 2.85. The van der Waals surface area contributed by atoms with Crippen LogP contribution in [0.3, 0.4) is 0 Å². The Kier molecular flexibility index (Phi) is 8.45. The summed E-state index contributed by atoms with van der Waals surface area (Å²) in [6.07, 6.45) is 0.757. The second kappa shape index (κ2) is 11.4. The Hall–Kier alpha value is -2.63. The summed E-state index contributed by atoms with van der Waals surface area (Å²) in [6, 6.07) is 19.0. The molecule has 1 amide bonds. The lowest BCUT2D eigenvalue weighted by atomic mass is 9.97. The zero-order valence-corrected chi connectivity index (χ0v) is 22.7. The van der Waals surface area contributed by atoms with Crippen LogP contribution in [-0.2, 0) is 30.6 Å². The predicted molar refractivity (Wildman–Crippen MR) is 146 cm³/mol. The van der Waals surface area contributed by atoms with Gasteiger partial charge < -0.3 is 5.32 Å². The van der Waals surface area contributed by atoms with E-state index >= 15 is 0 Å². The van der Waals surface area contributed by atoms with Crippen molar-refractivity contribution in [2.24, 2.45) is 5.92 Å². The predicted octanol–water partition coefficient (Wildman–Crippen LogP) is 4.97. The van der Waals surface area contributed by atoms with E-state index in [1.165, 1.54) is 34.6 Å². The molecule has 0 radical (unpaired) electrons. The molecule has 3 aromatic carbocycles. The van der Waals surface area contributed by atoms with Crippen molar-refractivity contribution in [3.05, 3.63) is 88.4 Å². The summed E-state index contributed by atoms with van der Waals surface area (Å²) in [5, 5.41) is 3.60. The van der Waals surface area contributed by atoms with Gasteiger partial charge in [0.2, 0.25) is 15.9 Å². The van der Waals surface area contributed by atoms with E-state index in [-0.39, 0.29) is 35.6 Å². The Morgan fingerprint density at radius 1 is 0.865 bits per heavy atom. The van der Waals surface area contributed by atoms with Crippen LogP contribution in [0.1, 0.15) is 18.4 Å². The second-order valence-electron chi connectivity index (χ2n) is 8.65. The number of piperidine rings is 1. The van der Waals surface area contributed by atoms with Crippen LogP contribution in [0, 0.1) is 5.92 Å². The van der Waals surface area contributed by atoms with Crippen LogP contribution in [0.15, 0.2) is 77.7 Å². The largest absolute Gasteiger partial charge is 0.326 e. The van der Waals surface area contributed by atoms with E-state index in [0.29, 0.717) is 39.8 Å². The Morgan fingerprint density at radius 2 is 1.54 bits per heavy atom. The molecule has 1 aliphatic heterocycles. The van der Waals surface area contributed by atoms with Crippen LogP contribution in [0.25, 0.3) is 0 Å². The third-order valence-electron chi connectivity index (χ3n) is 6.02. The van der Waals surface area contributed by atoms with E-state index in [1.807, 2.05) is 0 Å². The van der Waals surface area contributed by atoms with Gasteiger partial charge in [-0.1, -0.05) is 47.5 Å². The maximum atomic E-state index is 12.8. The molecule has 2 N–H and O–H groups in total.